The summed E-state index contributed by atoms with van der Waals surface area (Å²) in [5.41, 5.74) is 1.15. The zero-order valence-electron chi connectivity index (χ0n) is 10.3. The van der Waals surface area contributed by atoms with E-state index in [9.17, 15) is 0 Å². The highest BCUT2D eigenvalue weighted by Gasteiger charge is 2.13. The Labute approximate surface area is 120 Å². The maximum atomic E-state index is 4.10. The number of hydrogen-bond donors (Lipinski definition) is 1. The Morgan fingerprint density at radius 3 is 2.78 bits per heavy atom. The van der Waals surface area contributed by atoms with Gasteiger partial charge in [0.15, 0.2) is 0 Å². The Balaban J connectivity index is 2.10. The van der Waals surface area contributed by atoms with Gasteiger partial charge in [-0.05, 0) is 35.0 Å². The van der Waals surface area contributed by atoms with Gasteiger partial charge in [-0.15, -0.1) is 11.3 Å². The molecule has 2 aromatic rings. The highest BCUT2D eigenvalue weighted by Crippen LogP contribution is 2.25. The van der Waals surface area contributed by atoms with Gasteiger partial charge in [-0.25, -0.2) is 9.97 Å². The molecule has 5 heteroatoms. The molecule has 0 aromatic carbocycles. The molecule has 2 rings (SSSR count). The second-order valence-electron chi connectivity index (χ2n) is 4.11. The molecule has 0 fully saturated rings. The summed E-state index contributed by atoms with van der Waals surface area (Å²) < 4.78 is 1.15. The highest BCUT2D eigenvalue weighted by molar-refractivity contribution is 9.10. The number of halogens is 1. The van der Waals surface area contributed by atoms with Crippen LogP contribution in [0.2, 0.25) is 0 Å². The molecular weight excluding hydrogens is 310 g/mol. The first kappa shape index (κ1) is 13.6. The Bertz CT molecular complexity index is 472. The molecule has 2 heterocycles. The average molecular weight is 326 g/mol. The zero-order valence-corrected chi connectivity index (χ0v) is 12.7. The Kier molecular flexibility index (Phi) is 5.28. The fraction of sp³-hybridized carbons (Fsp3) is 0.385. The quantitative estimate of drug-likeness (QED) is 0.882. The van der Waals surface area contributed by atoms with E-state index in [-0.39, 0.29) is 6.04 Å². The number of aromatic nitrogens is 2. The van der Waals surface area contributed by atoms with Crippen LogP contribution in [-0.2, 0) is 6.42 Å². The van der Waals surface area contributed by atoms with Gasteiger partial charge in [-0.2, -0.15) is 0 Å². The van der Waals surface area contributed by atoms with Crippen LogP contribution in [0.5, 0.6) is 0 Å². The van der Waals surface area contributed by atoms with Gasteiger partial charge in [0.1, 0.15) is 6.33 Å². The van der Waals surface area contributed by atoms with Crippen molar-refractivity contribution >= 4 is 27.3 Å². The molecule has 1 unspecified atom stereocenters. The van der Waals surface area contributed by atoms with Gasteiger partial charge >= 0.3 is 0 Å². The molecule has 0 aliphatic heterocycles. The lowest BCUT2D eigenvalue weighted by Gasteiger charge is -2.17. The zero-order chi connectivity index (χ0) is 12.8. The van der Waals surface area contributed by atoms with Crippen LogP contribution in [0, 0.1) is 0 Å². The maximum absolute atomic E-state index is 4.10. The van der Waals surface area contributed by atoms with Gasteiger partial charge in [-0.1, -0.05) is 6.92 Å². The molecule has 0 aliphatic carbocycles. The summed E-state index contributed by atoms with van der Waals surface area (Å²) in [7, 11) is 0. The molecule has 1 atom stereocenters. The first-order chi connectivity index (χ1) is 8.79. The van der Waals surface area contributed by atoms with Crippen molar-refractivity contribution in [3.8, 4) is 0 Å². The number of rotatable bonds is 6. The van der Waals surface area contributed by atoms with Crippen molar-refractivity contribution in [2.24, 2.45) is 0 Å². The van der Waals surface area contributed by atoms with Crippen LogP contribution in [0.1, 0.15) is 29.8 Å². The fourth-order valence-electron chi connectivity index (χ4n) is 1.78. The maximum Gasteiger partial charge on any atom is 0.115 e. The number of hydrogen-bond acceptors (Lipinski definition) is 4. The third kappa shape index (κ3) is 3.86. The lowest BCUT2D eigenvalue weighted by Crippen LogP contribution is -2.24. The van der Waals surface area contributed by atoms with Crippen molar-refractivity contribution in [3.05, 3.63) is 45.1 Å². The van der Waals surface area contributed by atoms with E-state index in [0.717, 1.165) is 29.4 Å². The van der Waals surface area contributed by atoms with Gasteiger partial charge in [0.05, 0.1) is 0 Å². The van der Waals surface area contributed by atoms with E-state index in [1.807, 2.05) is 12.4 Å². The van der Waals surface area contributed by atoms with E-state index in [2.05, 4.69) is 49.6 Å². The predicted molar refractivity (Wildman–Crippen MR) is 78.8 cm³/mol. The van der Waals surface area contributed by atoms with Crippen molar-refractivity contribution in [1.29, 1.82) is 0 Å². The number of thiophene rings is 1. The number of nitrogens with one attached hydrogen (secondary N) is 1. The number of nitrogens with zero attached hydrogens (tertiary/aromatic N) is 2. The lowest BCUT2D eigenvalue weighted by atomic mass is 10.1. The van der Waals surface area contributed by atoms with E-state index >= 15 is 0 Å². The highest BCUT2D eigenvalue weighted by atomic mass is 79.9. The van der Waals surface area contributed by atoms with Gasteiger partial charge < -0.3 is 5.32 Å². The molecule has 2 aromatic heterocycles. The van der Waals surface area contributed by atoms with Crippen LogP contribution < -0.4 is 5.32 Å². The summed E-state index contributed by atoms with van der Waals surface area (Å²) >= 11 is 5.27. The van der Waals surface area contributed by atoms with Crippen molar-refractivity contribution in [2.75, 3.05) is 6.54 Å². The van der Waals surface area contributed by atoms with Crippen LogP contribution in [0.25, 0.3) is 0 Å². The third-order valence-corrected chi connectivity index (χ3v) is 4.37. The Hall–Kier alpha value is -0.780. The predicted octanol–water partition coefficient (Wildman–Crippen LogP) is 3.58. The van der Waals surface area contributed by atoms with Gasteiger partial charge in [-0.3, -0.25) is 0 Å². The smallest absolute Gasteiger partial charge is 0.115 e. The first-order valence-corrected chi connectivity index (χ1v) is 7.68. The Morgan fingerprint density at radius 1 is 1.39 bits per heavy atom. The normalized spacial score (nSPS) is 12.6. The largest absolute Gasteiger partial charge is 0.310 e. The average Bonchev–Trinajstić information content (AvgIpc) is 2.81. The molecule has 18 heavy (non-hydrogen) atoms. The van der Waals surface area contributed by atoms with Crippen LogP contribution in [0.15, 0.2) is 34.6 Å². The van der Waals surface area contributed by atoms with Gasteiger partial charge in [0, 0.05) is 45.1 Å². The molecule has 0 saturated carbocycles. The summed E-state index contributed by atoms with van der Waals surface area (Å²) in [6, 6.07) is 2.46. The van der Waals surface area contributed by atoms with Crippen molar-refractivity contribution < 1.29 is 0 Å². The molecule has 96 valence electrons. The summed E-state index contributed by atoms with van der Waals surface area (Å²) in [6.07, 6.45) is 7.45. The minimum atomic E-state index is 0.289. The summed E-state index contributed by atoms with van der Waals surface area (Å²) in [6.45, 7) is 3.18. The van der Waals surface area contributed by atoms with Crippen LogP contribution in [-0.4, -0.2) is 16.5 Å². The third-order valence-electron chi connectivity index (χ3n) is 2.65. The first-order valence-electron chi connectivity index (χ1n) is 6.00. The molecular formula is C13H16BrN3S. The van der Waals surface area contributed by atoms with E-state index in [1.54, 1.807) is 17.7 Å². The molecule has 0 saturated heterocycles. The molecule has 0 radical (unpaired) electrons. The van der Waals surface area contributed by atoms with Crippen LogP contribution in [0.4, 0.5) is 0 Å². The van der Waals surface area contributed by atoms with E-state index < -0.39 is 0 Å². The molecule has 0 spiro atoms. The second-order valence-corrected chi connectivity index (χ2v) is 6.03. The molecule has 1 N–H and O–H groups in total. The molecule has 0 bridgehead atoms. The molecule has 3 nitrogen and oxygen atoms in total. The molecule has 0 aliphatic rings. The van der Waals surface area contributed by atoms with Gasteiger partial charge in [0.2, 0.25) is 0 Å². The van der Waals surface area contributed by atoms with Crippen molar-refractivity contribution in [1.82, 2.24) is 15.3 Å². The summed E-state index contributed by atoms with van der Waals surface area (Å²) in [5.74, 6) is 0. The lowest BCUT2D eigenvalue weighted by molar-refractivity contribution is 0.529. The van der Waals surface area contributed by atoms with Gasteiger partial charge in [0.25, 0.3) is 0 Å². The van der Waals surface area contributed by atoms with E-state index in [0.29, 0.717) is 0 Å². The van der Waals surface area contributed by atoms with Crippen LogP contribution >= 0.6 is 27.3 Å². The van der Waals surface area contributed by atoms with E-state index in [1.165, 1.54) is 4.88 Å². The van der Waals surface area contributed by atoms with Crippen LogP contribution in [0.3, 0.4) is 0 Å². The fourth-order valence-corrected chi connectivity index (χ4v) is 3.28. The van der Waals surface area contributed by atoms with E-state index in [4.69, 9.17) is 0 Å². The van der Waals surface area contributed by atoms with Crippen molar-refractivity contribution in [2.45, 2.75) is 25.8 Å². The molecule has 0 amide bonds. The Morgan fingerprint density at radius 2 is 2.17 bits per heavy atom. The second kappa shape index (κ2) is 6.97. The SMILES string of the molecule is CCCNC(Cc1cc(Br)cs1)c1cncnc1. The topological polar surface area (TPSA) is 37.8 Å². The standard InChI is InChI=1S/C13H16BrN3S/c1-2-3-17-13(10-6-15-9-16-7-10)5-12-4-11(14)8-18-12/h4,6-9,13,17H,2-3,5H2,1H3. The monoisotopic (exact) mass is 325 g/mol. The minimum Gasteiger partial charge on any atom is -0.310 e. The summed E-state index contributed by atoms with van der Waals surface area (Å²) in [4.78, 5) is 9.57. The summed E-state index contributed by atoms with van der Waals surface area (Å²) in [5, 5.41) is 5.67. The van der Waals surface area contributed by atoms with Crippen molar-refractivity contribution in [3.63, 3.8) is 0 Å². The minimum absolute atomic E-state index is 0.289.